The molecule has 1 fully saturated rings. The van der Waals surface area contributed by atoms with Crippen molar-refractivity contribution in [3.63, 3.8) is 0 Å². The summed E-state index contributed by atoms with van der Waals surface area (Å²) in [6.45, 7) is 10.6. The van der Waals surface area contributed by atoms with E-state index in [4.69, 9.17) is 0 Å². The van der Waals surface area contributed by atoms with Gasteiger partial charge in [0.25, 0.3) is 0 Å². The first-order chi connectivity index (χ1) is 9.45. The molecule has 2 heteroatoms. The summed E-state index contributed by atoms with van der Waals surface area (Å²) in [6, 6.07) is 6.45. The summed E-state index contributed by atoms with van der Waals surface area (Å²) in [5, 5.41) is 0. The summed E-state index contributed by atoms with van der Waals surface area (Å²) >= 11 is 0. The fourth-order valence-corrected chi connectivity index (χ4v) is 3.35. The SMILES string of the molecule is CCC(C)(C(=O)Cc1cc(C)cc(C)c1)N1CCCC1. The first-order valence-corrected chi connectivity index (χ1v) is 7.81. The van der Waals surface area contributed by atoms with E-state index in [1.54, 1.807) is 0 Å². The van der Waals surface area contributed by atoms with Crippen LogP contribution in [0, 0.1) is 13.8 Å². The third-order valence-electron chi connectivity index (χ3n) is 4.74. The molecular weight excluding hydrogens is 246 g/mol. The van der Waals surface area contributed by atoms with E-state index in [0.29, 0.717) is 12.2 Å². The molecule has 2 nitrogen and oxygen atoms in total. The van der Waals surface area contributed by atoms with Gasteiger partial charge in [-0.15, -0.1) is 0 Å². The smallest absolute Gasteiger partial charge is 0.157 e. The first kappa shape index (κ1) is 15.2. The Bertz CT molecular complexity index is 468. The number of nitrogens with zero attached hydrogens (tertiary/aromatic N) is 1. The van der Waals surface area contributed by atoms with Crippen LogP contribution in [-0.4, -0.2) is 29.3 Å². The van der Waals surface area contributed by atoms with E-state index in [-0.39, 0.29) is 5.54 Å². The first-order valence-electron chi connectivity index (χ1n) is 7.81. The fraction of sp³-hybridized carbons (Fsp3) is 0.611. The van der Waals surface area contributed by atoms with Crippen molar-refractivity contribution < 1.29 is 4.79 Å². The summed E-state index contributed by atoms with van der Waals surface area (Å²) in [5.41, 5.74) is 3.36. The van der Waals surface area contributed by atoms with Gasteiger partial charge in [0.2, 0.25) is 0 Å². The number of likely N-dealkylation sites (tertiary alicyclic amines) is 1. The maximum atomic E-state index is 12.8. The molecule has 20 heavy (non-hydrogen) atoms. The third kappa shape index (κ3) is 3.12. The van der Waals surface area contributed by atoms with Gasteiger partial charge in [0.1, 0.15) is 0 Å². The number of hydrogen-bond acceptors (Lipinski definition) is 2. The van der Waals surface area contributed by atoms with Crippen LogP contribution in [0.5, 0.6) is 0 Å². The highest BCUT2D eigenvalue weighted by Gasteiger charge is 2.38. The van der Waals surface area contributed by atoms with E-state index in [9.17, 15) is 4.79 Å². The van der Waals surface area contributed by atoms with Crippen LogP contribution in [0.1, 0.15) is 49.8 Å². The van der Waals surface area contributed by atoms with E-state index < -0.39 is 0 Å². The topological polar surface area (TPSA) is 20.3 Å². The number of Topliss-reactive ketones (excluding diaryl/α,β-unsaturated/α-hetero) is 1. The molecule has 1 saturated heterocycles. The summed E-state index contributed by atoms with van der Waals surface area (Å²) in [5.74, 6) is 0.368. The number of hydrogen-bond donors (Lipinski definition) is 0. The predicted molar refractivity (Wildman–Crippen MR) is 84.1 cm³/mol. The van der Waals surface area contributed by atoms with Crippen molar-refractivity contribution in [1.82, 2.24) is 4.90 Å². The number of ketones is 1. The second kappa shape index (κ2) is 6.09. The highest BCUT2D eigenvalue weighted by Crippen LogP contribution is 2.27. The number of benzene rings is 1. The van der Waals surface area contributed by atoms with Crippen LogP contribution in [-0.2, 0) is 11.2 Å². The number of aryl methyl sites for hydroxylation is 2. The molecule has 1 aliphatic heterocycles. The van der Waals surface area contributed by atoms with Crippen molar-refractivity contribution in [3.05, 3.63) is 34.9 Å². The molecule has 2 rings (SSSR count). The molecule has 0 spiro atoms. The molecule has 1 heterocycles. The zero-order valence-corrected chi connectivity index (χ0v) is 13.3. The lowest BCUT2D eigenvalue weighted by Crippen LogP contribution is -2.51. The van der Waals surface area contributed by atoms with Crippen molar-refractivity contribution >= 4 is 5.78 Å². The normalized spacial score (nSPS) is 19.0. The van der Waals surface area contributed by atoms with Crippen molar-refractivity contribution in [2.75, 3.05) is 13.1 Å². The van der Waals surface area contributed by atoms with Crippen LogP contribution >= 0.6 is 0 Å². The molecule has 0 aliphatic carbocycles. The maximum absolute atomic E-state index is 12.8. The molecule has 1 atom stereocenters. The Morgan fingerprint density at radius 2 is 1.70 bits per heavy atom. The molecule has 1 aromatic rings. The van der Waals surface area contributed by atoms with Gasteiger partial charge in [0, 0.05) is 6.42 Å². The van der Waals surface area contributed by atoms with Crippen molar-refractivity contribution in [1.29, 1.82) is 0 Å². The predicted octanol–water partition coefficient (Wildman–Crippen LogP) is 3.68. The van der Waals surface area contributed by atoms with Crippen LogP contribution in [0.4, 0.5) is 0 Å². The quantitative estimate of drug-likeness (QED) is 0.815. The Balaban J connectivity index is 2.16. The molecule has 1 unspecified atom stereocenters. The highest BCUT2D eigenvalue weighted by molar-refractivity contribution is 5.89. The summed E-state index contributed by atoms with van der Waals surface area (Å²) in [6.07, 6.45) is 3.92. The van der Waals surface area contributed by atoms with Gasteiger partial charge in [-0.05, 0) is 58.7 Å². The van der Waals surface area contributed by atoms with Gasteiger partial charge >= 0.3 is 0 Å². The average Bonchev–Trinajstić information content (AvgIpc) is 2.90. The van der Waals surface area contributed by atoms with Gasteiger partial charge in [-0.25, -0.2) is 0 Å². The molecule has 0 N–H and O–H groups in total. The van der Waals surface area contributed by atoms with Crippen LogP contribution in [0.25, 0.3) is 0 Å². The van der Waals surface area contributed by atoms with E-state index in [1.807, 2.05) is 0 Å². The fourth-order valence-electron chi connectivity index (χ4n) is 3.35. The molecule has 110 valence electrons. The molecule has 0 saturated carbocycles. The van der Waals surface area contributed by atoms with Gasteiger partial charge in [-0.3, -0.25) is 9.69 Å². The number of carbonyl (C=O) groups excluding carboxylic acids is 1. The van der Waals surface area contributed by atoms with Crippen molar-refractivity contribution in [2.24, 2.45) is 0 Å². The van der Waals surface area contributed by atoms with Crippen LogP contribution in [0.15, 0.2) is 18.2 Å². The zero-order valence-electron chi connectivity index (χ0n) is 13.3. The number of rotatable bonds is 5. The Morgan fingerprint density at radius 1 is 1.15 bits per heavy atom. The van der Waals surface area contributed by atoms with E-state index in [1.165, 1.54) is 24.0 Å². The number of carbonyl (C=O) groups is 1. The molecule has 0 bridgehead atoms. The summed E-state index contributed by atoms with van der Waals surface area (Å²) < 4.78 is 0. The monoisotopic (exact) mass is 273 g/mol. The largest absolute Gasteiger partial charge is 0.297 e. The van der Waals surface area contributed by atoms with Crippen molar-refractivity contribution in [2.45, 2.75) is 58.9 Å². The minimum atomic E-state index is -0.284. The molecular formula is C18H27NO. The zero-order chi connectivity index (χ0) is 14.8. The lowest BCUT2D eigenvalue weighted by atomic mass is 9.87. The molecule has 0 aromatic heterocycles. The highest BCUT2D eigenvalue weighted by atomic mass is 16.1. The second-order valence-electron chi connectivity index (χ2n) is 6.42. The minimum Gasteiger partial charge on any atom is -0.297 e. The van der Waals surface area contributed by atoms with Crippen molar-refractivity contribution in [3.8, 4) is 0 Å². The Kier molecular flexibility index (Phi) is 4.64. The van der Waals surface area contributed by atoms with Crippen LogP contribution in [0.3, 0.4) is 0 Å². The van der Waals surface area contributed by atoms with Gasteiger partial charge in [-0.1, -0.05) is 36.2 Å². The molecule has 1 aromatic carbocycles. The van der Waals surface area contributed by atoms with Gasteiger partial charge in [0.15, 0.2) is 5.78 Å². The van der Waals surface area contributed by atoms with Crippen LogP contribution in [0.2, 0.25) is 0 Å². The van der Waals surface area contributed by atoms with Gasteiger partial charge in [-0.2, -0.15) is 0 Å². The third-order valence-corrected chi connectivity index (χ3v) is 4.74. The minimum absolute atomic E-state index is 0.284. The Hall–Kier alpha value is -1.15. The maximum Gasteiger partial charge on any atom is 0.157 e. The summed E-state index contributed by atoms with van der Waals surface area (Å²) in [4.78, 5) is 15.2. The van der Waals surface area contributed by atoms with E-state index >= 15 is 0 Å². The second-order valence-corrected chi connectivity index (χ2v) is 6.42. The lowest BCUT2D eigenvalue weighted by Gasteiger charge is -2.36. The molecule has 0 radical (unpaired) electrons. The summed E-state index contributed by atoms with van der Waals surface area (Å²) in [7, 11) is 0. The Morgan fingerprint density at radius 3 is 2.20 bits per heavy atom. The lowest BCUT2D eigenvalue weighted by molar-refractivity contribution is -0.129. The van der Waals surface area contributed by atoms with E-state index in [0.717, 1.165) is 25.1 Å². The Labute approximate surface area is 123 Å². The van der Waals surface area contributed by atoms with Crippen LogP contribution < -0.4 is 0 Å². The standard InChI is InChI=1S/C18H27NO/c1-5-18(4,19-8-6-7-9-19)17(20)13-16-11-14(2)10-15(3)12-16/h10-12H,5-9,13H2,1-4H3. The average molecular weight is 273 g/mol. The van der Waals surface area contributed by atoms with E-state index in [2.05, 4.69) is 50.8 Å². The van der Waals surface area contributed by atoms with Gasteiger partial charge < -0.3 is 0 Å². The van der Waals surface area contributed by atoms with Gasteiger partial charge in [0.05, 0.1) is 5.54 Å². The molecule has 0 amide bonds. The molecule has 1 aliphatic rings.